The van der Waals surface area contributed by atoms with E-state index in [0.29, 0.717) is 19.4 Å². The first-order valence-electron chi connectivity index (χ1n) is 4.59. The van der Waals surface area contributed by atoms with Gasteiger partial charge in [0.25, 0.3) is 0 Å². The lowest BCUT2D eigenvalue weighted by atomic mass is 9.96. The quantitative estimate of drug-likeness (QED) is 0.387. The van der Waals surface area contributed by atoms with Gasteiger partial charge >= 0.3 is 5.97 Å². The van der Waals surface area contributed by atoms with Gasteiger partial charge in [0.2, 0.25) is 0 Å². The molecular weight excluding hydrogens is 202 g/mol. The van der Waals surface area contributed by atoms with Crippen LogP contribution < -0.4 is 0 Å². The summed E-state index contributed by atoms with van der Waals surface area (Å²) in [7, 11) is 7.72. The Bertz CT molecular complexity index is 202. The fourth-order valence-corrected chi connectivity index (χ4v) is 1.56. The Balaban J connectivity index is 2.44. The maximum Gasteiger partial charge on any atom is 0.305 e. The van der Waals surface area contributed by atoms with Gasteiger partial charge in [-0.1, -0.05) is 6.92 Å². The van der Waals surface area contributed by atoms with Gasteiger partial charge in [0, 0.05) is 28.3 Å². The topological polar surface area (TPSA) is 44.8 Å². The molecule has 2 radical (unpaired) electrons. The SMILES string of the molecule is [B][C@@H]1C[C@H](OC(=O)CC)[C@H](COP)O1. The molecule has 0 bridgehead atoms. The molecule has 1 heterocycles. The Kier molecular flexibility index (Phi) is 4.86. The number of hydrogen-bond donors (Lipinski definition) is 0. The molecule has 1 aliphatic heterocycles. The van der Waals surface area contributed by atoms with Crippen molar-refractivity contribution >= 4 is 23.3 Å². The summed E-state index contributed by atoms with van der Waals surface area (Å²) in [6.07, 6.45) is 0.362. The number of carbonyl (C=O) groups excluding carboxylic acids is 1. The van der Waals surface area contributed by atoms with E-state index in [4.69, 9.17) is 21.8 Å². The molecule has 1 saturated heterocycles. The van der Waals surface area contributed by atoms with Crippen molar-refractivity contribution in [3.63, 3.8) is 0 Å². The van der Waals surface area contributed by atoms with Crippen molar-refractivity contribution < 1.29 is 18.8 Å². The van der Waals surface area contributed by atoms with E-state index >= 15 is 0 Å². The molecule has 4 atom stereocenters. The highest BCUT2D eigenvalue weighted by Gasteiger charge is 2.35. The number of carbonyl (C=O) groups is 1. The molecule has 0 aromatic heterocycles. The van der Waals surface area contributed by atoms with Crippen LogP contribution in [0.4, 0.5) is 0 Å². The highest BCUT2D eigenvalue weighted by molar-refractivity contribution is 7.09. The summed E-state index contributed by atoms with van der Waals surface area (Å²) >= 11 is 0. The molecule has 0 aliphatic carbocycles. The first-order valence-corrected chi connectivity index (χ1v) is 5.06. The Hall–Kier alpha value is -0.115. The van der Waals surface area contributed by atoms with Crippen molar-refractivity contribution in [3.05, 3.63) is 0 Å². The predicted octanol–water partition coefficient (Wildman–Crippen LogP) is 0.398. The zero-order valence-electron chi connectivity index (χ0n) is 8.14. The fourth-order valence-electron chi connectivity index (χ4n) is 1.37. The highest BCUT2D eigenvalue weighted by Crippen LogP contribution is 2.22. The normalized spacial score (nSPS) is 31.7. The standard InChI is InChI=1S/C8H14BO4P/c1-2-8(10)13-5-3-7(9)12-6(5)4-11-14/h5-7H,2-4,14H2,1H3/t5-,6-,7-/m0/s1. The summed E-state index contributed by atoms with van der Waals surface area (Å²) in [5.41, 5.74) is 0. The molecule has 1 aliphatic rings. The molecule has 78 valence electrons. The summed E-state index contributed by atoms with van der Waals surface area (Å²) in [6.45, 7) is 2.11. The Labute approximate surface area is 87.4 Å². The Morgan fingerprint density at radius 1 is 1.71 bits per heavy atom. The van der Waals surface area contributed by atoms with Gasteiger partial charge < -0.3 is 14.0 Å². The van der Waals surface area contributed by atoms with Crippen molar-refractivity contribution in [2.75, 3.05) is 6.61 Å². The van der Waals surface area contributed by atoms with Crippen molar-refractivity contribution in [2.24, 2.45) is 0 Å². The molecule has 0 amide bonds. The van der Waals surface area contributed by atoms with Crippen LogP contribution in [0.25, 0.3) is 0 Å². The van der Waals surface area contributed by atoms with Crippen molar-refractivity contribution in [1.82, 2.24) is 0 Å². The summed E-state index contributed by atoms with van der Waals surface area (Å²) in [5.74, 6) is -0.235. The van der Waals surface area contributed by atoms with Gasteiger partial charge in [-0.3, -0.25) is 4.79 Å². The van der Waals surface area contributed by atoms with Crippen LogP contribution in [0.2, 0.25) is 0 Å². The van der Waals surface area contributed by atoms with E-state index < -0.39 is 0 Å². The molecule has 1 rings (SSSR count). The molecule has 1 unspecified atom stereocenters. The van der Waals surface area contributed by atoms with Crippen LogP contribution in [0.5, 0.6) is 0 Å². The van der Waals surface area contributed by atoms with E-state index in [-0.39, 0.29) is 24.2 Å². The van der Waals surface area contributed by atoms with Crippen LogP contribution in [0.1, 0.15) is 19.8 Å². The van der Waals surface area contributed by atoms with Gasteiger partial charge in [-0.25, -0.2) is 0 Å². The summed E-state index contributed by atoms with van der Waals surface area (Å²) in [6, 6.07) is -0.366. The maximum absolute atomic E-state index is 11.1. The molecule has 0 aromatic rings. The number of rotatable bonds is 4. The molecule has 0 N–H and O–H groups in total. The zero-order valence-corrected chi connectivity index (χ0v) is 9.30. The fraction of sp³-hybridized carbons (Fsp3) is 0.875. The minimum Gasteiger partial charge on any atom is -0.459 e. The van der Waals surface area contributed by atoms with Crippen molar-refractivity contribution in [2.45, 2.75) is 38.0 Å². The molecule has 1 fully saturated rings. The van der Waals surface area contributed by atoms with Crippen molar-refractivity contribution in [3.8, 4) is 0 Å². The molecular formula is C8H14BO4P. The molecule has 14 heavy (non-hydrogen) atoms. The average Bonchev–Trinajstić information content (AvgIpc) is 2.47. The van der Waals surface area contributed by atoms with Gasteiger partial charge in [-0.05, 0) is 0 Å². The first kappa shape index (κ1) is 12.0. The van der Waals surface area contributed by atoms with E-state index in [1.165, 1.54) is 0 Å². The molecule has 0 saturated carbocycles. The van der Waals surface area contributed by atoms with Gasteiger partial charge in [0.1, 0.15) is 20.1 Å². The molecule has 0 aromatic carbocycles. The lowest BCUT2D eigenvalue weighted by molar-refractivity contribution is -0.152. The van der Waals surface area contributed by atoms with E-state index in [1.807, 2.05) is 0 Å². The molecule has 4 nitrogen and oxygen atoms in total. The molecule has 0 spiro atoms. The predicted molar refractivity (Wildman–Crippen MR) is 54.9 cm³/mol. The van der Waals surface area contributed by atoms with Crippen LogP contribution in [-0.4, -0.2) is 38.6 Å². The van der Waals surface area contributed by atoms with Gasteiger partial charge in [0.05, 0.1) is 6.61 Å². The zero-order chi connectivity index (χ0) is 10.6. The number of ether oxygens (including phenoxy) is 2. The largest absolute Gasteiger partial charge is 0.459 e. The van der Waals surface area contributed by atoms with Crippen LogP contribution >= 0.6 is 9.47 Å². The first-order chi connectivity index (χ1) is 6.67. The molecule has 6 heteroatoms. The second-order valence-corrected chi connectivity index (χ2v) is 3.50. The van der Waals surface area contributed by atoms with Crippen LogP contribution in [-0.2, 0) is 18.8 Å². The average molecular weight is 216 g/mol. The van der Waals surface area contributed by atoms with Crippen molar-refractivity contribution in [1.29, 1.82) is 0 Å². The van der Waals surface area contributed by atoms with Crippen LogP contribution in [0, 0.1) is 0 Å². The minimum atomic E-state index is -0.366. The number of hydrogen-bond acceptors (Lipinski definition) is 4. The van der Waals surface area contributed by atoms with E-state index in [1.54, 1.807) is 6.92 Å². The lowest BCUT2D eigenvalue weighted by Crippen LogP contribution is -2.30. The van der Waals surface area contributed by atoms with E-state index in [2.05, 4.69) is 9.47 Å². The van der Waals surface area contributed by atoms with E-state index in [0.717, 1.165) is 0 Å². The monoisotopic (exact) mass is 216 g/mol. The lowest BCUT2D eigenvalue weighted by Gasteiger charge is -2.17. The van der Waals surface area contributed by atoms with Gasteiger partial charge in [-0.2, -0.15) is 0 Å². The minimum absolute atomic E-state index is 0.235. The highest BCUT2D eigenvalue weighted by atomic mass is 31.0. The third kappa shape index (κ3) is 3.23. The Morgan fingerprint density at radius 3 is 3.00 bits per heavy atom. The maximum atomic E-state index is 11.1. The van der Waals surface area contributed by atoms with Gasteiger partial charge in [0.15, 0.2) is 0 Å². The van der Waals surface area contributed by atoms with Crippen LogP contribution in [0.3, 0.4) is 0 Å². The second-order valence-electron chi connectivity index (χ2n) is 3.16. The third-order valence-corrected chi connectivity index (χ3v) is 2.25. The summed E-state index contributed by atoms with van der Waals surface area (Å²) in [5, 5.41) is 0. The van der Waals surface area contributed by atoms with Crippen LogP contribution in [0.15, 0.2) is 0 Å². The smallest absolute Gasteiger partial charge is 0.305 e. The van der Waals surface area contributed by atoms with Gasteiger partial charge in [-0.15, -0.1) is 0 Å². The van der Waals surface area contributed by atoms with E-state index in [9.17, 15) is 4.79 Å². The summed E-state index contributed by atoms with van der Waals surface area (Å²) < 4.78 is 15.3. The second kappa shape index (κ2) is 5.69. The third-order valence-electron chi connectivity index (χ3n) is 2.06. The summed E-state index contributed by atoms with van der Waals surface area (Å²) in [4.78, 5) is 11.1. The Morgan fingerprint density at radius 2 is 2.43 bits per heavy atom. The number of esters is 1.